The number of hydrogen-bond acceptors (Lipinski definition) is 2. The number of methoxy groups -OCH3 is 1. The molecule has 0 heterocycles. The second-order valence-electron chi connectivity index (χ2n) is 4.74. The van der Waals surface area contributed by atoms with Gasteiger partial charge in [-0.2, -0.15) is 0 Å². The third-order valence-electron chi connectivity index (χ3n) is 3.78. The Morgan fingerprint density at radius 3 is 2.44 bits per heavy atom. The van der Waals surface area contributed by atoms with Crippen molar-refractivity contribution in [1.29, 1.82) is 0 Å². The van der Waals surface area contributed by atoms with Crippen LogP contribution in [0.2, 0.25) is 0 Å². The molecule has 1 saturated carbocycles. The van der Waals surface area contributed by atoms with E-state index in [1.807, 2.05) is 12.1 Å². The third-order valence-corrected chi connectivity index (χ3v) is 3.78. The van der Waals surface area contributed by atoms with Gasteiger partial charge in [0.2, 0.25) is 0 Å². The van der Waals surface area contributed by atoms with Gasteiger partial charge in [-0.1, -0.05) is 31.4 Å². The van der Waals surface area contributed by atoms with Gasteiger partial charge in [-0.15, -0.1) is 0 Å². The van der Waals surface area contributed by atoms with Gasteiger partial charge >= 0.3 is 0 Å². The van der Waals surface area contributed by atoms with Crippen molar-refractivity contribution in [3.63, 3.8) is 0 Å². The summed E-state index contributed by atoms with van der Waals surface area (Å²) in [7, 11) is 1.70. The van der Waals surface area contributed by atoms with E-state index in [1.54, 1.807) is 7.11 Å². The summed E-state index contributed by atoms with van der Waals surface area (Å²) in [5.74, 6) is 2.46. The molecule has 2 nitrogen and oxygen atoms in total. The van der Waals surface area contributed by atoms with Crippen LogP contribution in [0, 0.1) is 11.8 Å². The summed E-state index contributed by atoms with van der Waals surface area (Å²) in [6, 6.07) is 8.37. The van der Waals surface area contributed by atoms with Crippen molar-refractivity contribution < 1.29 is 4.74 Å². The van der Waals surface area contributed by atoms with Gasteiger partial charge in [-0.05, 0) is 42.5 Å². The van der Waals surface area contributed by atoms with E-state index in [-0.39, 0.29) is 0 Å². The van der Waals surface area contributed by atoms with Gasteiger partial charge in [0.05, 0.1) is 7.11 Å². The standard InChI is InChI=1S/C14H21NO/c1-16-14-7-5-11(6-8-14)9-13(10-15)12-3-2-4-12/h5-8,12-13H,2-4,9-10,15H2,1H3. The Morgan fingerprint density at radius 1 is 1.31 bits per heavy atom. The first-order chi connectivity index (χ1) is 7.83. The molecular formula is C14H21NO. The first-order valence-electron chi connectivity index (χ1n) is 6.16. The molecule has 1 aliphatic carbocycles. The first kappa shape index (κ1) is 11.5. The van der Waals surface area contributed by atoms with E-state index in [1.165, 1.54) is 24.8 Å². The lowest BCUT2D eigenvalue weighted by atomic mass is 9.73. The second kappa shape index (κ2) is 5.35. The Morgan fingerprint density at radius 2 is 2.00 bits per heavy atom. The number of nitrogens with two attached hydrogens (primary N) is 1. The lowest BCUT2D eigenvalue weighted by Gasteiger charge is -2.33. The highest BCUT2D eigenvalue weighted by atomic mass is 16.5. The molecule has 1 aromatic rings. The molecule has 0 spiro atoms. The van der Waals surface area contributed by atoms with Crippen LogP contribution >= 0.6 is 0 Å². The summed E-state index contributed by atoms with van der Waals surface area (Å²) in [5, 5.41) is 0. The van der Waals surface area contributed by atoms with Crippen LogP contribution in [0.25, 0.3) is 0 Å². The first-order valence-corrected chi connectivity index (χ1v) is 6.16. The zero-order valence-electron chi connectivity index (χ0n) is 9.99. The molecule has 0 aromatic heterocycles. The quantitative estimate of drug-likeness (QED) is 0.826. The van der Waals surface area contributed by atoms with Crippen LogP contribution in [-0.2, 0) is 6.42 Å². The topological polar surface area (TPSA) is 35.2 Å². The van der Waals surface area contributed by atoms with Gasteiger partial charge in [0, 0.05) is 0 Å². The molecule has 88 valence electrons. The smallest absolute Gasteiger partial charge is 0.118 e. The van der Waals surface area contributed by atoms with Crippen LogP contribution in [0.15, 0.2) is 24.3 Å². The van der Waals surface area contributed by atoms with Gasteiger partial charge in [0.25, 0.3) is 0 Å². The summed E-state index contributed by atoms with van der Waals surface area (Å²) in [5.41, 5.74) is 7.24. The van der Waals surface area contributed by atoms with Gasteiger partial charge in [0.1, 0.15) is 5.75 Å². The summed E-state index contributed by atoms with van der Waals surface area (Å²) < 4.78 is 5.16. The second-order valence-corrected chi connectivity index (χ2v) is 4.74. The minimum absolute atomic E-state index is 0.669. The van der Waals surface area contributed by atoms with E-state index >= 15 is 0 Å². The Hall–Kier alpha value is -1.02. The molecule has 0 aliphatic heterocycles. The Balaban J connectivity index is 1.95. The van der Waals surface area contributed by atoms with Crippen LogP contribution in [-0.4, -0.2) is 13.7 Å². The van der Waals surface area contributed by atoms with Crippen LogP contribution in [0.1, 0.15) is 24.8 Å². The molecule has 1 aromatic carbocycles. The van der Waals surface area contributed by atoms with Crippen molar-refractivity contribution in [2.75, 3.05) is 13.7 Å². The normalized spacial score (nSPS) is 17.9. The number of rotatable bonds is 5. The number of ether oxygens (including phenoxy) is 1. The monoisotopic (exact) mass is 219 g/mol. The summed E-state index contributed by atoms with van der Waals surface area (Å²) in [4.78, 5) is 0. The molecule has 1 fully saturated rings. The van der Waals surface area contributed by atoms with E-state index < -0.39 is 0 Å². The van der Waals surface area contributed by atoms with E-state index in [0.717, 1.165) is 24.6 Å². The summed E-state index contributed by atoms with van der Waals surface area (Å²) in [6.45, 7) is 0.816. The van der Waals surface area contributed by atoms with Crippen LogP contribution in [0.4, 0.5) is 0 Å². The van der Waals surface area contributed by atoms with Gasteiger partial charge in [-0.25, -0.2) is 0 Å². The van der Waals surface area contributed by atoms with Crippen LogP contribution in [0.5, 0.6) is 5.75 Å². The Kier molecular flexibility index (Phi) is 3.83. The van der Waals surface area contributed by atoms with Gasteiger partial charge in [0.15, 0.2) is 0 Å². The molecule has 1 unspecified atom stereocenters. The fourth-order valence-corrected chi connectivity index (χ4v) is 2.42. The van der Waals surface area contributed by atoms with Crippen molar-refractivity contribution in [2.45, 2.75) is 25.7 Å². The summed E-state index contributed by atoms with van der Waals surface area (Å²) >= 11 is 0. The van der Waals surface area contributed by atoms with Crippen molar-refractivity contribution >= 4 is 0 Å². The zero-order valence-corrected chi connectivity index (χ0v) is 9.99. The average molecular weight is 219 g/mol. The lowest BCUT2D eigenvalue weighted by molar-refractivity contribution is 0.209. The number of hydrogen-bond donors (Lipinski definition) is 1. The van der Waals surface area contributed by atoms with Gasteiger partial charge in [-0.3, -0.25) is 0 Å². The predicted octanol–water partition coefficient (Wildman–Crippen LogP) is 2.61. The maximum Gasteiger partial charge on any atom is 0.118 e. The molecule has 0 saturated heterocycles. The van der Waals surface area contributed by atoms with Crippen molar-refractivity contribution in [1.82, 2.24) is 0 Å². The fourth-order valence-electron chi connectivity index (χ4n) is 2.42. The number of benzene rings is 1. The molecule has 1 atom stereocenters. The SMILES string of the molecule is COc1ccc(CC(CN)C2CCC2)cc1. The lowest BCUT2D eigenvalue weighted by Crippen LogP contribution is -2.30. The molecule has 2 N–H and O–H groups in total. The molecule has 0 bridgehead atoms. The molecule has 2 rings (SSSR count). The zero-order chi connectivity index (χ0) is 11.4. The van der Waals surface area contributed by atoms with Gasteiger partial charge < -0.3 is 10.5 Å². The maximum absolute atomic E-state index is 5.86. The minimum Gasteiger partial charge on any atom is -0.497 e. The minimum atomic E-state index is 0.669. The van der Waals surface area contributed by atoms with E-state index in [9.17, 15) is 0 Å². The molecular weight excluding hydrogens is 198 g/mol. The largest absolute Gasteiger partial charge is 0.497 e. The molecule has 0 amide bonds. The van der Waals surface area contributed by atoms with Crippen molar-refractivity contribution in [2.24, 2.45) is 17.6 Å². The van der Waals surface area contributed by atoms with Crippen LogP contribution in [0.3, 0.4) is 0 Å². The van der Waals surface area contributed by atoms with E-state index in [2.05, 4.69) is 12.1 Å². The Labute approximate surface area is 97.8 Å². The highest BCUT2D eigenvalue weighted by molar-refractivity contribution is 5.27. The third kappa shape index (κ3) is 2.56. The average Bonchev–Trinajstić information content (AvgIpc) is 2.26. The maximum atomic E-state index is 5.86. The highest BCUT2D eigenvalue weighted by Crippen LogP contribution is 2.34. The molecule has 2 heteroatoms. The molecule has 1 aliphatic rings. The molecule has 0 radical (unpaired) electrons. The molecule has 16 heavy (non-hydrogen) atoms. The predicted molar refractivity (Wildman–Crippen MR) is 66.6 cm³/mol. The Bertz CT molecular complexity index is 316. The highest BCUT2D eigenvalue weighted by Gasteiger charge is 2.26. The van der Waals surface area contributed by atoms with Crippen molar-refractivity contribution in [3.8, 4) is 5.75 Å². The van der Waals surface area contributed by atoms with E-state index in [0.29, 0.717) is 5.92 Å². The fraction of sp³-hybridized carbons (Fsp3) is 0.571. The van der Waals surface area contributed by atoms with Crippen LogP contribution < -0.4 is 10.5 Å². The summed E-state index contributed by atoms with van der Waals surface area (Å²) in [6.07, 6.45) is 5.25. The van der Waals surface area contributed by atoms with Crippen molar-refractivity contribution in [3.05, 3.63) is 29.8 Å². The van der Waals surface area contributed by atoms with E-state index in [4.69, 9.17) is 10.5 Å².